The van der Waals surface area contributed by atoms with Crippen LogP contribution in [-0.2, 0) is 4.74 Å². The van der Waals surface area contributed by atoms with Crippen LogP contribution < -0.4 is 5.32 Å². The number of rotatable bonds is 5. The highest BCUT2D eigenvalue weighted by molar-refractivity contribution is 5.44. The van der Waals surface area contributed by atoms with Gasteiger partial charge in [-0.2, -0.15) is 0 Å². The number of hydrogen-bond donors (Lipinski definition) is 1. The van der Waals surface area contributed by atoms with E-state index in [-0.39, 0.29) is 0 Å². The maximum atomic E-state index is 4.93. The molecule has 0 aromatic heterocycles. The summed E-state index contributed by atoms with van der Waals surface area (Å²) in [5.41, 5.74) is 2.51. The molecule has 0 amide bonds. The number of nitrogens with one attached hydrogen (secondary N) is 1. The van der Waals surface area contributed by atoms with Crippen LogP contribution in [0.2, 0.25) is 0 Å². The Morgan fingerprint density at radius 3 is 2.43 bits per heavy atom. The van der Waals surface area contributed by atoms with Crippen molar-refractivity contribution in [3.63, 3.8) is 0 Å². The Hall–Kier alpha value is -1.02. The third-order valence-electron chi connectivity index (χ3n) is 2.51. The van der Waals surface area contributed by atoms with Gasteiger partial charge in [0.15, 0.2) is 0 Å². The van der Waals surface area contributed by atoms with Crippen molar-refractivity contribution in [3.05, 3.63) is 29.8 Å². The summed E-state index contributed by atoms with van der Waals surface area (Å²) in [5.74, 6) is 0.645. The maximum absolute atomic E-state index is 4.93. The van der Waals surface area contributed by atoms with Gasteiger partial charge in [-0.1, -0.05) is 26.0 Å². The third kappa shape index (κ3) is 3.04. The van der Waals surface area contributed by atoms with Gasteiger partial charge < -0.3 is 10.1 Å². The molecule has 2 heteroatoms. The van der Waals surface area contributed by atoms with Crippen molar-refractivity contribution in [2.45, 2.75) is 26.2 Å². The van der Waals surface area contributed by atoms with E-state index in [0.717, 1.165) is 5.69 Å². The second kappa shape index (κ2) is 5.66. The van der Waals surface area contributed by atoms with Crippen LogP contribution in [0.15, 0.2) is 24.3 Å². The molecule has 0 bridgehead atoms. The molecule has 2 nitrogen and oxygen atoms in total. The first kappa shape index (κ1) is 11.1. The van der Waals surface area contributed by atoms with E-state index in [2.05, 4.69) is 43.4 Å². The molecule has 0 heterocycles. The Morgan fingerprint density at radius 2 is 1.93 bits per heavy atom. The van der Waals surface area contributed by atoms with E-state index >= 15 is 0 Å². The first-order chi connectivity index (χ1) is 6.77. The topological polar surface area (TPSA) is 21.3 Å². The van der Waals surface area contributed by atoms with Crippen LogP contribution in [0.1, 0.15) is 31.7 Å². The zero-order valence-electron chi connectivity index (χ0n) is 9.21. The van der Waals surface area contributed by atoms with Gasteiger partial charge in [-0.05, 0) is 30.0 Å². The van der Waals surface area contributed by atoms with E-state index in [0.29, 0.717) is 12.6 Å². The third-order valence-corrected chi connectivity index (χ3v) is 2.51. The highest BCUT2D eigenvalue weighted by Gasteiger charge is 2.01. The Bertz CT molecular complexity index is 256. The first-order valence-corrected chi connectivity index (χ1v) is 5.10. The highest BCUT2D eigenvalue weighted by atomic mass is 16.5. The predicted molar refractivity (Wildman–Crippen MR) is 60.6 cm³/mol. The molecule has 0 fully saturated rings. The van der Waals surface area contributed by atoms with Crippen molar-refractivity contribution in [1.29, 1.82) is 0 Å². The molecule has 1 aromatic carbocycles. The molecular weight excluding hydrogens is 174 g/mol. The molecule has 0 spiro atoms. The lowest BCUT2D eigenvalue weighted by molar-refractivity contribution is 0.221. The van der Waals surface area contributed by atoms with E-state index < -0.39 is 0 Å². The number of hydrogen-bond acceptors (Lipinski definition) is 2. The lowest BCUT2D eigenvalue weighted by Crippen LogP contribution is -2.02. The Kier molecular flexibility index (Phi) is 4.47. The SMILES string of the molecule is CCC(C)c1ccc(NCOC)cc1. The molecule has 1 atom stereocenters. The zero-order valence-corrected chi connectivity index (χ0v) is 9.21. The fraction of sp³-hybridized carbons (Fsp3) is 0.500. The second-order valence-corrected chi connectivity index (χ2v) is 3.54. The van der Waals surface area contributed by atoms with Crippen LogP contribution >= 0.6 is 0 Å². The summed E-state index contributed by atoms with van der Waals surface area (Å²) in [6.45, 7) is 5.02. The summed E-state index contributed by atoms with van der Waals surface area (Å²) in [7, 11) is 1.68. The quantitative estimate of drug-likeness (QED) is 0.725. The van der Waals surface area contributed by atoms with Crippen LogP contribution in [0.3, 0.4) is 0 Å². The first-order valence-electron chi connectivity index (χ1n) is 5.10. The second-order valence-electron chi connectivity index (χ2n) is 3.54. The normalized spacial score (nSPS) is 12.5. The van der Waals surface area contributed by atoms with Crippen molar-refractivity contribution in [2.75, 3.05) is 19.2 Å². The molecule has 1 N–H and O–H groups in total. The van der Waals surface area contributed by atoms with Gasteiger partial charge in [0.1, 0.15) is 6.73 Å². The minimum absolute atomic E-state index is 0.558. The standard InChI is InChI=1S/C12H19NO/c1-4-10(2)11-5-7-12(8-6-11)13-9-14-3/h5-8,10,13H,4,9H2,1-3H3. The smallest absolute Gasteiger partial charge is 0.116 e. The van der Waals surface area contributed by atoms with Crippen LogP contribution in [0.4, 0.5) is 5.69 Å². The van der Waals surface area contributed by atoms with Crippen molar-refractivity contribution < 1.29 is 4.74 Å². The number of ether oxygens (including phenoxy) is 1. The maximum Gasteiger partial charge on any atom is 0.116 e. The molecule has 0 aliphatic carbocycles. The zero-order chi connectivity index (χ0) is 10.4. The van der Waals surface area contributed by atoms with E-state index in [4.69, 9.17) is 4.74 Å². The highest BCUT2D eigenvalue weighted by Crippen LogP contribution is 2.20. The monoisotopic (exact) mass is 193 g/mol. The van der Waals surface area contributed by atoms with Crippen LogP contribution in [0, 0.1) is 0 Å². The van der Waals surface area contributed by atoms with Crippen LogP contribution in [-0.4, -0.2) is 13.8 Å². The average Bonchev–Trinajstić information content (AvgIpc) is 2.26. The van der Waals surface area contributed by atoms with Crippen molar-refractivity contribution in [1.82, 2.24) is 0 Å². The summed E-state index contributed by atoms with van der Waals surface area (Å²) in [6, 6.07) is 8.54. The fourth-order valence-electron chi connectivity index (χ4n) is 1.32. The lowest BCUT2D eigenvalue weighted by Gasteiger charge is -2.10. The van der Waals surface area contributed by atoms with Crippen LogP contribution in [0.25, 0.3) is 0 Å². The minimum atomic E-state index is 0.558. The molecule has 1 unspecified atom stereocenters. The number of benzene rings is 1. The van der Waals surface area contributed by atoms with Gasteiger partial charge >= 0.3 is 0 Å². The van der Waals surface area contributed by atoms with Gasteiger partial charge in [0.05, 0.1) is 0 Å². The lowest BCUT2D eigenvalue weighted by atomic mass is 9.99. The van der Waals surface area contributed by atoms with E-state index in [9.17, 15) is 0 Å². The molecule has 14 heavy (non-hydrogen) atoms. The molecule has 78 valence electrons. The van der Waals surface area contributed by atoms with Gasteiger partial charge in [-0.15, -0.1) is 0 Å². The average molecular weight is 193 g/mol. The largest absolute Gasteiger partial charge is 0.365 e. The Balaban J connectivity index is 2.59. The molecular formula is C12H19NO. The number of anilines is 1. The summed E-state index contributed by atoms with van der Waals surface area (Å²) >= 11 is 0. The Morgan fingerprint density at radius 1 is 1.29 bits per heavy atom. The molecule has 1 aromatic rings. The summed E-state index contributed by atoms with van der Waals surface area (Å²) < 4.78 is 4.93. The fourth-order valence-corrected chi connectivity index (χ4v) is 1.32. The van der Waals surface area contributed by atoms with Gasteiger partial charge in [-0.3, -0.25) is 0 Å². The van der Waals surface area contributed by atoms with E-state index in [1.807, 2.05) is 0 Å². The van der Waals surface area contributed by atoms with Crippen molar-refractivity contribution in [2.24, 2.45) is 0 Å². The summed E-state index contributed by atoms with van der Waals surface area (Å²) in [6.07, 6.45) is 1.19. The van der Waals surface area contributed by atoms with E-state index in [1.165, 1.54) is 12.0 Å². The molecule has 0 saturated heterocycles. The summed E-state index contributed by atoms with van der Waals surface area (Å²) in [4.78, 5) is 0. The van der Waals surface area contributed by atoms with Gasteiger partial charge in [0.2, 0.25) is 0 Å². The predicted octanol–water partition coefficient (Wildman–Crippen LogP) is 3.22. The van der Waals surface area contributed by atoms with Crippen molar-refractivity contribution >= 4 is 5.69 Å². The molecule has 0 aliphatic rings. The van der Waals surface area contributed by atoms with Gasteiger partial charge in [0.25, 0.3) is 0 Å². The Labute approximate surface area is 86.3 Å². The molecule has 0 saturated carbocycles. The minimum Gasteiger partial charge on any atom is -0.365 e. The van der Waals surface area contributed by atoms with Gasteiger partial charge in [0, 0.05) is 12.8 Å². The molecule has 1 rings (SSSR count). The van der Waals surface area contributed by atoms with Crippen molar-refractivity contribution in [3.8, 4) is 0 Å². The van der Waals surface area contributed by atoms with Gasteiger partial charge in [-0.25, -0.2) is 0 Å². The number of methoxy groups -OCH3 is 1. The van der Waals surface area contributed by atoms with Crippen LogP contribution in [0.5, 0.6) is 0 Å². The van der Waals surface area contributed by atoms with E-state index in [1.54, 1.807) is 7.11 Å². The molecule has 0 radical (unpaired) electrons. The summed E-state index contributed by atoms with van der Waals surface area (Å²) in [5, 5.41) is 3.16. The molecule has 0 aliphatic heterocycles.